The molecule has 1 amide bonds. The molecule has 0 bridgehead atoms. The zero-order valence-corrected chi connectivity index (χ0v) is 12.1. The van der Waals surface area contributed by atoms with E-state index in [1.54, 1.807) is 18.6 Å². The van der Waals surface area contributed by atoms with Crippen LogP contribution in [0, 0.1) is 0 Å². The standard InChI is InChI=1S/C10H22N4O4S/c1-9(2)18-10(15)13-19(16,17)12-5-8-14-6-3-11-4-7-14/h9,11-12H,3-8H2,1-2H3,(H,13,15). The van der Waals surface area contributed by atoms with Gasteiger partial charge in [-0.1, -0.05) is 0 Å². The van der Waals surface area contributed by atoms with E-state index in [1.165, 1.54) is 0 Å². The summed E-state index contributed by atoms with van der Waals surface area (Å²) in [6, 6.07) is 0. The molecule has 0 spiro atoms. The molecule has 19 heavy (non-hydrogen) atoms. The topological polar surface area (TPSA) is 99.8 Å². The van der Waals surface area contributed by atoms with Crippen molar-refractivity contribution in [2.24, 2.45) is 0 Å². The first-order valence-corrected chi connectivity index (χ1v) is 7.78. The highest BCUT2D eigenvalue weighted by atomic mass is 32.2. The van der Waals surface area contributed by atoms with Crippen LogP contribution in [0.15, 0.2) is 0 Å². The van der Waals surface area contributed by atoms with Crippen LogP contribution in [0.25, 0.3) is 0 Å². The number of piperazine rings is 1. The summed E-state index contributed by atoms with van der Waals surface area (Å²) < 4.78 is 31.8. The van der Waals surface area contributed by atoms with Crippen molar-refractivity contribution >= 4 is 16.3 Å². The highest BCUT2D eigenvalue weighted by molar-refractivity contribution is 7.88. The summed E-state index contributed by atoms with van der Waals surface area (Å²) in [7, 11) is -3.84. The van der Waals surface area contributed by atoms with Crippen LogP contribution >= 0.6 is 0 Å². The van der Waals surface area contributed by atoms with Gasteiger partial charge in [-0.2, -0.15) is 13.1 Å². The number of nitrogens with one attached hydrogen (secondary N) is 3. The summed E-state index contributed by atoms with van der Waals surface area (Å²) >= 11 is 0. The highest BCUT2D eigenvalue weighted by Gasteiger charge is 2.16. The molecular formula is C10H22N4O4S. The number of amides is 1. The maximum Gasteiger partial charge on any atom is 0.422 e. The van der Waals surface area contributed by atoms with Gasteiger partial charge in [-0.3, -0.25) is 4.90 Å². The number of carbonyl (C=O) groups excluding carboxylic acids is 1. The van der Waals surface area contributed by atoms with Crippen molar-refractivity contribution in [1.82, 2.24) is 19.7 Å². The molecule has 112 valence electrons. The summed E-state index contributed by atoms with van der Waals surface area (Å²) in [5.74, 6) is 0. The Morgan fingerprint density at radius 1 is 1.37 bits per heavy atom. The first-order valence-electron chi connectivity index (χ1n) is 6.30. The van der Waals surface area contributed by atoms with E-state index < -0.39 is 16.3 Å². The maximum atomic E-state index is 11.5. The minimum absolute atomic E-state index is 0.254. The van der Waals surface area contributed by atoms with E-state index >= 15 is 0 Å². The number of nitrogens with zero attached hydrogens (tertiary/aromatic N) is 1. The Balaban J connectivity index is 2.24. The molecule has 0 saturated carbocycles. The van der Waals surface area contributed by atoms with Gasteiger partial charge in [0.15, 0.2) is 0 Å². The van der Waals surface area contributed by atoms with Crippen LogP contribution in [0.1, 0.15) is 13.8 Å². The molecule has 1 saturated heterocycles. The molecular weight excluding hydrogens is 272 g/mol. The first kappa shape index (κ1) is 16.2. The van der Waals surface area contributed by atoms with Crippen molar-refractivity contribution in [2.45, 2.75) is 20.0 Å². The normalized spacial score (nSPS) is 17.4. The van der Waals surface area contributed by atoms with Gasteiger partial charge in [0.05, 0.1) is 6.10 Å². The summed E-state index contributed by atoms with van der Waals surface area (Å²) in [5.41, 5.74) is 0. The van der Waals surface area contributed by atoms with E-state index in [2.05, 4.69) is 14.9 Å². The third kappa shape index (κ3) is 7.31. The van der Waals surface area contributed by atoms with Gasteiger partial charge in [-0.05, 0) is 13.8 Å². The molecule has 0 aromatic carbocycles. The van der Waals surface area contributed by atoms with Crippen molar-refractivity contribution in [2.75, 3.05) is 39.3 Å². The lowest BCUT2D eigenvalue weighted by Crippen LogP contribution is -2.48. The fourth-order valence-electron chi connectivity index (χ4n) is 1.66. The number of carbonyl (C=O) groups is 1. The summed E-state index contributed by atoms with van der Waals surface area (Å²) in [6.45, 7) is 7.76. The fraction of sp³-hybridized carbons (Fsp3) is 0.900. The van der Waals surface area contributed by atoms with Crippen molar-refractivity contribution in [3.8, 4) is 0 Å². The molecule has 0 aromatic heterocycles. The van der Waals surface area contributed by atoms with Crippen LogP contribution < -0.4 is 14.8 Å². The van der Waals surface area contributed by atoms with Gasteiger partial charge in [0, 0.05) is 39.3 Å². The van der Waals surface area contributed by atoms with Crippen LogP contribution in [-0.4, -0.2) is 64.8 Å². The third-order valence-electron chi connectivity index (χ3n) is 2.49. The monoisotopic (exact) mass is 294 g/mol. The minimum atomic E-state index is -3.84. The van der Waals surface area contributed by atoms with Crippen LogP contribution in [0.5, 0.6) is 0 Å². The lowest BCUT2D eigenvalue weighted by atomic mass is 10.3. The second-order valence-corrected chi connectivity index (χ2v) is 6.05. The molecule has 0 radical (unpaired) electrons. The van der Waals surface area contributed by atoms with Crippen molar-refractivity contribution in [3.63, 3.8) is 0 Å². The molecule has 0 unspecified atom stereocenters. The van der Waals surface area contributed by atoms with Gasteiger partial charge in [0.25, 0.3) is 0 Å². The molecule has 0 atom stereocenters. The van der Waals surface area contributed by atoms with Gasteiger partial charge < -0.3 is 10.1 Å². The Hall–Kier alpha value is -0.900. The molecule has 8 nitrogen and oxygen atoms in total. The van der Waals surface area contributed by atoms with Gasteiger partial charge >= 0.3 is 16.3 Å². The first-order chi connectivity index (χ1) is 8.89. The maximum absolute atomic E-state index is 11.5. The number of rotatable bonds is 6. The van der Waals surface area contributed by atoms with E-state index in [0.29, 0.717) is 6.54 Å². The fourth-order valence-corrected chi connectivity index (χ4v) is 2.36. The molecule has 1 heterocycles. The van der Waals surface area contributed by atoms with Gasteiger partial charge in [0.1, 0.15) is 0 Å². The largest absolute Gasteiger partial charge is 0.446 e. The second kappa shape index (κ2) is 7.63. The second-order valence-electron chi connectivity index (χ2n) is 4.55. The summed E-state index contributed by atoms with van der Waals surface area (Å²) in [6.07, 6.45) is -1.33. The Morgan fingerprint density at radius 3 is 2.58 bits per heavy atom. The predicted molar refractivity (Wildman–Crippen MR) is 71.0 cm³/mol. The average molecular weight is 294 g/mol. The predicted octanol–water partition coefficient (Wildman–Crippen LogP) is -1.14. The van der Waals surface area contributed by atoms with E-state index in [0.717, 1.165) is 26.2 Å². The van der Waals surface area contributed by atoms with E-state index in [-0.39, 0.29) is 12.6 Å². The van der Waals surface area contributed by atoms with Crippen molar-refractivity contribution < 1.29 is 17.9 Å². The van der Waals surface area contributed by atoms with Crippen LogP contribution in [-0.2, 0) is 14.9 Å². The van der Waals surface area contributed by atoms with Gasteiger partial charge in [-0.15, -0.1) is 0 Å². The molecule has 0 aromatic rings. The quantitative estimate of drug-likeness (QED) is 0.573. The van der Waals surface area contributed by atoms with Crippen LogP contribution in [0.3, 0.4) is 0 Å². The highest BCUT2D eigenvalue weighted by Crippen LogP contribution is 1.92. The SMILES string of the molecule is CC(C)OC(=O)NS(=O)(=O)NCCN1CCNCC1. The molecule has 0 aliphatic carbocycles. The van der Waals surface area contributed by atoms with E-state index in [9.17, 15) is 13.2 Å². The summed E-state index contributed by atoms with van der Waals surface area (Å²) in [5, 5.41) is 3.21. The van der Waals surface area contributed by atoms with Gasteiger partial charge in [0.2, 0.25) is 0 Å². The van der Waals surface area contributed by atoms with Crippen LogP contribution in [0.4, 0.5) is 4.79 Å². The average Bonchev–Trinajstić information content (AvgIpc) is 2.27. The molecule has 1 aliphatic rings. The Labute approximate surface area is 114 Å². The summed E-state index contributed by atoms with van der Waals surface area (Å²) in [4.78, 5) is 13.3. The van der Waals surface area contributed by atoms with E-state index in [1.807, 2.05) is 0 Å². The molecule has 1 aliphatic heterocycles. The number of hydrogen-bond acceptors (Lipinski definition) is 6. The lowest BCUT2D eigenvalue weighted by molar-refractivity contribution is 0.121. The molecule has 3 N–H and O–H groups in total. The zero-order valence-electron chi connectivity index (χ0n) is 11.3. The third-order valence-corrected chi connectivity index (χ3v) is 3.51. The van der Waals surface area contributed by atoms with Gasteiger partial charge in [-0.25, -0.2) is 9.52 Å². The minimum Gasteiger partial charge on any atom is -0.446 e. The molecule has 9 heteroatoms. The Morgan fingerprint density at radius 2 is 2.00 bits per heavy atom. The number of hydrogen-bond donors (Lipinski definition) is 3. The molecule has 1 fully saturated rings. The van der Waals surface area contributed by atoms with Crippen molar-refractivity contribution in [1.29, 1.82) is 0 Å². The zero-order chi connectivity index (χ0) is 14.3. The van der Waals surface area contributed by atoms with Crippen molar-refractivity contribution in [3.05, 3.63) is 0 Å². The molecule has 1 rings (SSSR count). The van der Waals surface area contributed by atoms with Crippen LogP contribution in [0.2, 0.25) is 0 Å². The smallest absolute Gasteiger partial charge is 0.422 e. The number of ether oxygens (including phenoxy) is 1. The Kier molecular flexibility index (Phi) is 6.49. The van der Waals surface area contributed by atoms with E-state index in [4.69, 9.17) is 4.74 Å². The Bertz CT molecular complexity index is 379. The lowest BCUT2D eigenvalue weighted by Gasteiger charge is -2.27.